The van der Waals surface area contributed by atoms with E-state index in [9.17, 15) is 9.59 Å². The average molecular weight is 243 g/mol. The van der Waals surface area contributed by atoms with Gasteiger partial charge in [0.25, 0.3) is 0 Å². The van der Waals surface area contributed by atoms with Gasteiger partial charge in [0.15, 0.2) is 0 Å². The highest BCUT2D eigenvalue weighted by molar-refractivity contribution is 5.77. The van der Waals surface area contributed by atoms with Gasteiger partial charge in [0.1, 0.15) is 0 Å². The van der Waals surface area contributed by atoms with Gasteiger partial charge in [-0.25, -0.2) is 0 Å². The van der Waals surface area contributed by atoms with E-state index < -0.39 is 5.97 Å². The Bertz CT molecular complexity index is 249. The summed E-state index contributed by atoms with van der Waals surface area (Å²) in [6.07, 6.45) is 2.37. The average Bonchev–Trinajstić information content (AvgIpc) is 2.21. The van der Waals surface area contributed by atoms with Crippen LogP contribution in [0.5, 0.6) is 0 Å². The topological polar surface area (TPSA) is 66.4 Å². The van der Waals surface area contributed by atoms with E-state index >= 15 is 0 Å². The van der Waals surface area contributed by atoms with Crippen molar-refractivity contribution in [2.24, 2.45) is 17.8 Å². The summed E-state index contributed by atoms with van der Waals surface area (Å²) in [5.41, 5.74) is 0. The second-order valence-corrected chi connectivity index (χ2v) is 5.13. The molecule has 0 fully saturated rings. The van der Waals surface area contributed by atoms with Gasteiger partial charge < -0.3 is 10.4 Å². The van der Waals surface area contributed by atoms with Crippen molar-refractivity contribution < 1.29 is 14.7 Å². The zero-order valence-corrected chi connectivity index (χ0v) is 11.3. The standard InChI is InChI=1S/C13H25NO3/c1-9(2)11(13(16)17)7-5-6-8-14-12(15)10(3)4/h9-11H,5-8H2,1-4H3,(H,14,15)(H,16,17). The molecule has 0 aliphatic carbocycles. The number of amides is 1. The van der Waals surface area contributed by atoms with Crippen molar-refractivity contribution in [1.29, 1.82) is 0 Å². The van der Waals surface area contributed by atoms with Gasteiger partial charge in [0.2, 0.25) is 5.91 Å². The van der Waals surface area contributed by atoms with Crippen molar-refractivity contribution in [3.63, 3.8) is 0 Å². The minimum Gasteiger partial charge on any atom is -0.481 e. The molecule has 0 rings (SSSR count). The van der Waals surface area contributed by atoms with Crippen LogP contribution in [0, 0.1) is 17.8 Å². The number of hydrogen-bond donors (Lipinski definition) is 2. The van der Waals surface area contributed by atoms with Gasteiger partial charge >= 0.3 is 5.97 Å². The number of carbonyl (C=O) groups is 2. The smallest absolute Gasteiger partial charge is 0.306 e. The molecule has 0 spiro atoms. The van der Waals surface area contributed by atoms with Crippen LogP contribution in [0.3, 0.4) is 0 Å². The predicted octanol–water partition coefficient (Wildman–Crippen LogP) is 2.29. The second-order valence-electron chi connectivity index (χ2n) is 5.13. The van der Waals surface area contributed by atoms with Crippen LogP contribution in [-0.4, -0.2) is 23.5 Å². The number of carbonyl (C=O) groups excluding carboxylic acids is 1. The fraction of sp³-hybridized carbons (Fsp3) is 0.846. The largest absolute Gasteiger partial charge is 0.481 e. The quantitative estimate of drug-likeness (QED) is 0.643. The van der Waals surface area contributed by atoms with E-state index in [4.69, 9.17) is 5.11 Å². The SMILES string of the molecule is CC(C)C(=O)NCCCCC(C(=O)O)C(C)C. The summed E-state index contributed by atoms with van der Waals surface area (Å²) in [5, 5.41) is 11.8. The molecule has 0 radical (unpaired) electrons. The van der Waals surface area contributed by atoms with Crippen LogP contribution in [0.2, 0.25) is 0 Å². The van der Waals surface area contributed by atoms with Crippen LogP contribution in [0.15, 0.2) is 0 Å². The first kappa shape index (κ1) is 15.9. The summed E-state index contributed by atoms with van der Waals surface area (Å²) < 4.78 is 0. The van der Waals surface area contributed by atoms with Crippen molar-refractivity contribution in [3.8, 4) is 0 Å². The first-order chi connectivity index (χ1) is 7.86. The zero-order chi connectivity index (χ0) is 13.4. The second kappa shape index (κ2) is 8.09. The molecule has 0 aromatic rings. The number of rotatable bonds is 8. The number of unbranched alkanes of at least 4 members (excludes halogenated alkanes) is 1. The molecular weight excluding hydrogens is 218 g/mol. The van der Waals surface area contributed by atoms with Crippen molar-refractivity contribution in [2.75, 3.05) is 6.54 Å². The first-order valence-electron chi connectivity index (χ1n) is 6.36. The minimum atomic E-state index is -0.716. The van der Waals surface area contributed by atoms with Crippen molar-refractivity contribution in [1.82, 2.24) is 5.32 Å². The lowest BCUT2D eigenvalue weighted by Crippen LogP contribution is -2.28. The molecule has 4 nitrogen and oxygen atoms in total. The van der Waals surface area contributed by atoms with E-state index in [1.165, 1.54) is 0 Å². The lowest BCUT2D eigenvalue weighted by molar-refractivity contribution is -0.143. The minimum absolute atomic E-state index is 0.0115. The fourth-order valence-corrected chi connectivity index (χ4v) is 1.65. The third kappa shape index (κ3) is 6.97. The molecule has 100 valence electrons. The predicted molar refractivity (Wildman–Crippen MR) is 67.7 cm³/mol. The summed E-state index contributed by atoms with van der Waals surface area (Å²) in [6.45, 7) is 8.21. The summed E-state index contributed by atoms with van der Waals surface area (Å²) in [4.78, 5) is 22.2. The summed E-state index contributed by atoms with van der Waals surface area (Å²) in [6, 6.07) is 0. The molecule has 0 heterocycles. The molecule has 0 aliphatic rings. The number of nitrogens with one attached hydrogen (secondary N) is 1. The molecule has 0 aromatic carbocycles. The lowest BCUT2D eigenvalue weighted by atomic mass is 9.91. The Balaban J connectivity index is 3.70. The van der Waals surface area contributed by atoms with Crippen LogP contribution >= 0.6 is 0 Å². The van der Waals surface area contributed by atoms with Gasteiger partial charge in [0, 0.05) is 12.5 Å². The molecule has 0 bridgehead atoms. The van der Waals surface area contributed by atoms with Crippen LogP contribution in [-0.2, 0) is 9.59 Å². The lowest BCUT2D eigenvalue weighted by Gasteiger charge is -2.15. The molecule has 0 saturated heterocycles. The van der Waals surface area contributed by atoms with Gasteiger partial charge in [-0.15, -0.1) is 0 Å². The van der Waals surface area contributed by atoms with E-state index in [2.05, 4.69) is 5.32 Å². The highest BCUT2D eigenvalue weighted by atomic mass is 16.4. The molecule has 4 heteroatoms. The van der Waals surface area contributed by atoms with E-state index in [0.29, 0.717) is 13.0 Å². The number of carboxylic acid groups (broad SMARTS) is 1. The summed E-state index contributed by atoms with van der Waals surface area (Å²) in [5.74, 6) is -0.749. The number of hydrogen-bond acceptors (Lipinski definition) is 2. The summed E-state index contributed by atoms with van der Waals surface area (Å²) >= 11 is 0. The first-order valence-corrected chi connectivity index (χ1v) is 6.36. The number of aliphatic carboxylic acids is 1. The molecule has 1 unspecified atom stereocenters. The fourth-order valence-electron chi connectivity index (χ4n) is 1.65. The van der Waals surface area contributed by atoms with Gasteiger partial charge in [-0.3, -0.25) is 9.59 Å². The number of carboxylic acids is 1. The molecule has 0 aliphatic heterocycles. The van der Waals surface area contributed by atoms with E-state index in [1.54, 1.807) is 0 Å². The normalized spacial score (nSPS) is 12.8. The Morgan fingerprint density at radius 1 is 1.12 bits per heavy atom. The third-order valence-electron chi connectivity index (χ3n) is 2.89. The monoisotopic (exact) mass is 243 g/mol. The Labute approximate surface area is 104 Å². The Morgan fingerprint density at radius 2 is 1.71 bits per heavy atom. The van der Waals surface area contributed by atoms with E-state index in [1.807, 2.05) is 27.7 Å². The molecule has 1 atom stereocenters. The van der Waals surface area contributed by atoms with Crippen LogP contribution in [0.4, 0.5) is 0 Å². The van der Waals surface area contributed by atoms with Gasteiger partial charge in [-0.1, -0.05) is 34.1 Å². The van der Waals surface area contributed by atoms with Crippen molar-refractivity contribution in [2.45, 2.75) is 47.0 Å². The maximum atomic E-state index is 11.3. The van der Waals surface area contributed by atoms with Crippen LogP contribution in [0.25, 0.3) is 0 Å². The third-order valence-corrected chi connectivity index (χ3v) is 2.89. The van der Waals surface area contributed by atoms with Crippen LogP contribution in [0.1, 0.15) is 47.0 Å². The van der Waals surface area contributed by atoms with E-state index in [0.717, 1.165) is 12.8 Å². The molecule has 17 heavy (non-hydrogen) atoms. The van der Waals surface area contributed by atoms with Crippen molar-refractivity contribution in [3.05, 3.63) is 0 Å². The van der Waals surface area contributed by atoms with Gasteiger partial charge in [0.05, 0.1) is 5.92 Å². The van der Waals surface area contributed by atoms with Crippen molar-refractivity contribution >= 4 is 11.9 Å². The molecule has 2 N–H and O–H groups in total. The Hall–Kier alpha value is -1.06. The van der Waals surface area contributed by atoms with Crippen LogP contribution < -0.4 is 5.32 Å². The molecular formula is C13H25NO3. The highest BCUT2D eigenvalue weighted by Crippen LogP contribution is 2.18. The molecule has 0 saturated carbocycles. The molecule has 0 aromatic heterocycles. The van der Waals surface area contributed by atoms with E-state index in [-0.39, 0.29) is 23.7 Å². The zero-order valence-electron chi connectivity index (χ0n) is 11.3. The maximum absolute atomic E-state index is 11.3. The Morgan fingerprint density at radius 3 is 2.12 bits per heavy atom. The maximum Gasteiger partial charge on any atom is 0.306 e. The van der Waals surface area contributed by atoms with Gasteiger partial charge in [-0.2, -0.15) is 0 Å². The molecule has 1 amide bonds. The highest BCUT2D eigenvalue weighted by Gasteiger charge is 2.20. The van der Waals surface area contributed by atoms with Gasteiger partial charge in [-0.05, 0) is 18.8 Å². The summed E-state index contributed by atoms with van der Waals surface area (Å²) in [7, 11) is 0. The Kier molecular flexibility index (Phi) is 7.59.